The molecule has 4 rings (SSSR count). The highest BCUT2D eigenvalue weighted by Crippen LogP contribution is 2.49. The highest BCUT2D eigenvalue weighted by Gasteiger charge is 2.45. The van der Waals surface area contributed by atoms with E-state index in [1.165, 1.54) is 18.9 Å². The Morgan fingerprint density at radius 2 is 1.94 bits per heavy atom. The number of carbonyl (C=O) groups is 1. The number of alkyl halides is 3. The summed E-state index contributed by atoms with van der Waals surface area (Å²) < 4.78 is 39.1. The molecule has 176 valence electrons. The second kappa shape index (κ2) is 9.80. The third-order valence-electron chi connectivity index (χ3n) is 7.49. The fourth-order valence-corrected chi connectivity index (χ4v) is 5.96. The number of aliphatic hydroxyl groups excluding tert-OH is 1. The van der Waals surface area contributed by atoms with E-state index in [0.717, 1.165) is 31.4 Å². The molecule has 2 aliphatic carbocycles. The summed E-state index contributed by atoms with van der Waals surface area (Å²) in [6.07, 6.45) is 6.75. The van der Waals surface area contributed by atoms with Crippen LogP contribution in [-0.2, 0) is 11.0 Å². The van der Waals surface area contributed by atoms with E-state index in [1.807, 2.05) is 6.08 Å². The van der Waals surface area contributed by atoms with Crippen molar-refractivity contribution in [2.45, 2.75) is 45.2 Å². The number of fused-ring (bicyclic) bond motifs is 1. The van der Waals surface area contributed by atoms with Crippen molar-refractivity contribution < 1.29 is 23.1 Å². The van der Waals surface area contributed by atoms with Gasteiger partial charge in [0, 0.05) is 24.3 Å². The molecule has 2 aliphatic rings. The molecule has 33 heavy (non-hydrogen) atoms. The summed E-state index contributed by atoms with van der Waals surface area (Å²) in [5, 5.41) is 9.95. The van der Waals surface area contributed by atoms with E-state index in [4.69, 9.17) is 0 Å². The average molecular weight is 458 g/mol. The van der Waals surface area contributed by atoms with Gasteiger partial charge >= 0.3 is 6.18 Å². The number of allylic oxidation sites excluding steroid dienone is 1. The first-order chi connectivity index (χ1) is 15.8. The molecule has 0 bridgehead atoms. The molecule has 5 atom stereocenters. The number of Topliss-reactive ketones (excluding diaryl/α,β-unsaturated/α-hetero) is 1. The number of halogens is 3. The molecule has 2 saturated carbocycles. The highest BCUT2D eigenvalue weighted by atomic mass is 19.4. The van der Waals surface area contributed by atoms with E-state index >= 15 is 0 Å². The number of aliphatic hydroxyl groups is 1. The van der Waals surface area contributed by atoms with Crippen LogP contribution in [0, 0.1) is 29.6 Å². The predicted molar refractivity (Wildman–Crippen MR) is 122 cm³/mol. The van der Waals surface area contributed by atoms with Crippen molar-refractivity contribution in [2.75, 3.05) is 6.61 Å². The van der Waals surface area contributed by atoms with Crippen LogP contribution >= 0.6 is 0 Å². The first-order valence-electron chi connectivity index (χ1n) is 11.7. The number of ketones is 1. The predicted octanol–water partition coefficient (Wildman–Crippen LogP) is 6.42. The van der Waals surface area contributed by atoms with Crippen molar-refractivity contribution >= 4 is 11.9 Å². The van der Waals surface area contributed by atoms with Gasteiger partial charge in [-0.2, -0.15) is 13.2 Å². The molecule has 1 aromatic carbocycles. The van der Waals surface area contributed by atoms with Crippen molar-refractivity contribution in [1.29, 1.82) is 0 Å². The van der Waals surface area contributed by atoms with Crippen LogP contribution in [0.2, 0.25) is 0 Å². The highest BCUT2D eigenvalue weighted by molar-refractivity contribution is 5.79. The standard InChI is InChI=1S/C27H30F3NO2/c1-17(33)26-21(16-32)13-19-5-2-3-8-24(19)25(26)12-11-23-10-9-20(15-31-23)18-6-4-7-22(14-18)27(28,29)30/h4,6-7,9-12,14-15,19,21,24-26,32H,2-3,5,8,13,16H2,1H3/b12-11+/t19-,21-,24+,25-,26-/m0/s1. The molecule has 0 spiro atoms. The van der Waals surface area contributed by atoms with E-state index in [1.54, 1.807) is 31.3 Å². The third-order valence-corrected chi connectivity index (χ3v) is 7.49. The summed E-state index contributed by atoms with van der Waals surface area (Å²) in [6, 6.07) is 8.78. The fraction of sp³-hybridized carbons (Fsp3) is 0.481. The van der Waals surface area contributed by atoms with Gasteiger partial charge in [-0.25, -0.2) is 0 Å². The Balaban J connectivity index is 1.56. The minimum Gasteiger partial charge on any atom is -0.396 e. The van der Waals surface area contributed by atoms with Gasteiger partial charge in [0.05, 0.1) is 11.3 Å². The average Bonchev–Trinajstić information content (AvgIpc) is 2.81. The van der Waals surface area contributed by atoms with Gasteiger partial charge < -0.3 is 5.11 Å². The van der Waals surface area contributed by atoms with Crippen LogP contribution in [0.25, 0.3) is 17.2 Å². The summed E-state index contributed by atoms with van der Waals surface area (Å²) in [5.41, 5.74) is 1.10. The molecular formula is C27H30F3NO2. The van der Waals surface area contributed by atoms with Gasteiger partial charge in [0.25, 0.3) is 0 Å². The topological polar surface area (TPSA) is 50.2 Å². The second-order valence-corrected chi connectivity index (χ2v) is 9.51. The molecule has 6 heteroatoms. The smallest absolute Gasteiger partial charge is 0.396 e. The first kappa shape index (κ1) is 23.7. The van der Waals surface area contributed by atoms with E-state index < -0.39 is 11.7 Å². The Kier molecular flexibility index (Phi) is 7.03. The molecule has 1 aromatic heterocycles. The van der Waals surface area contributed by atoms with Gasteiger partial charge in [-0.3, -0.25) is 9.78 Å². The number of carbonyl (C=O) groups excluding carboxylic acids is 1. The maximum absolute atomic E-state index is 13.0. The zero-order valence-corrected chi connectivity index (χ0v) is 18.8. The molecular weight excluding hydrogens is 427 g/mol. The van der Waals surface area contributed by atoms with E-state index in [0.29, 0.717) is 28.7 Å². The van der Waals surface area contributed by atoms with Crippen LogP contribution in [0.15, 0.2) is 48.7 Å². The number of hydrogen-bond acceptors (Lipinski definition) is 3. The monoisotopic (exact) mass is 457 g/mol. The Hall–Kier alpha value is -2.47. The third kappa shape index (κ3) is 5.21. The molecule has 0 amide bonds. The van der Waals surface area contributed by atoms with Gasteiger partial charge in [0.1, 0.15) is 5.78 Å². The molecule has 0 radical (unpaired) electrons. The lowest BCUT2D eigenvalue weighted by atomic mass is 9.57. The minimum atomic E-state index is -4.39. The zero-order chi connectivity index (χ0) is 23.6. The maximum Gasteiger partial charge on any atom is 0.416 e. The maximum atomic E-state index is 13.0. The van der Waals surface area contributed by atoms with E-state index in [2.05, 4.69) is 11.1 Å². The normalized spacial score (nSPS) is 28.0. The number of aromatic nitrogens is 1. The first-order valence-corrected chi connectivity index (χ1v) is 11.7. The van der Waals surface area contributed by atoms with Crippen LogP contribution in [0.4, 0.5) is 13.2 Å². The number of pyridine rings is 1. The summed E-state index contributed by atoms with van der Waals surface area (Å²) in [4.78, 5) is 17.0. The lowest BCUT2D eigenvalue weighted by Crippen LogP contribution is -2.44. The largest absolute Gasteiger partial charge is 0.416 e. The zero-order valence-electron chi connectivity index (χ0n) is 18.8. The van der Waals surface area contributed by atoms with Crippen LogP contribution in [0.3, 0.4) is 0 Å². The number of rotatable bonds is 5. The summed E-state index contributed by atoms with van der Waals surface area (Å²) in [7, 11) is 0. The Morgan fingerprint density at radius 3 is 2.61 bits per heavy atom. The fourth-order valence-electron chi connectivity index (χ4n) is 5.96. The summed E-state index contributed by atoms with van der Waals surface area (Å²) in [5.74, 6) is 0.987. The van der Waals surface area contributed by atoms with Crippen molar-refractivity contribution in [3.63, 3.8) is 0 Å². The van der Waals surface area contributed by atoms with Gasteiger partial charge in [0.15, 0.2) is 0 Å². The van der Waals surface area contributed by atoms with Gasteiger partial charge in [0.2, 0.25) is 0 Å². The molecule has 3 nitrogen and oxygen atoms in total. The van der Waals surface area contributed by atoms with E-state index in [9.17, 15) is 23.1 Å². The number of hydrogen-bond donors (Lipinski definition) is 1. The van der Waals surface area contributed by atoms with Crippen LogP contribution in [0.1, 0.15) is 50.3 Å². The van der Waals surface area contributed by atoms with Crippen molar-refractivity contribution in [3.05, 3.63) is 59.9 Å². The lowest BCUT2D eigenvalue weighted by Gasteiger charge is -2.47. The molecule has 1 heterocycles. The SMILES string of the molecule is CC(=O)[C@H]1[C@H](CO)C[C@@H]2CCCC[C@H]2[C@@H]1/C=C/c1ccc(-c2cccc(C(F)(F)F)c2)cn1. The second-order valence-electron chi connectivity index (χ2n) is 9.51. The summed E-state index contributed by atoms with van der Waals surface area (Å²) >= 11 is 0. The van der Waals surface area contributed by atoms with Crippen LogP contribution in [0.5, 0.6) is 0 Å². The Labute approximate surface area is 192 Å². The van der Waals surface area contributed by atoms with Gasteiger partial charge in [-0.05, 0) is 73.3 Å². The van der Waals surface area contributed by atoms with Crippen LogP contribution < -0.4 is 0 Å². The Morgan fingerprint density at radius 1 is 1.15 bits per heavy atom. The molecule has 0 saturated heterocycles. The van der Waals surface area contributed by atoms with Gasteiger partial charge in [-0.1, -0.05) is 43.5 Å². The molecule has 2 fully saturated rings. The molecule has 2 aromatic rings. The minimum absolute atomic E-state index is 0.00672. The molecule has 0 unspecified atom stereocenters. The molecule has 0 aliphatic heterocycles. The molecule has 1 N–H and O–H groups in total. The van der Waals surface area contributed by atoms with Crippen molar-refractivity contribution in [3.8, 4) is 11.1 Å². The van der Waals surface area contributed by atoms with Crippen molar-refractivity contribution in [1.82, 2.24) is 4.98 Å². The van der Waals surface area contributed by atoms with Gasteiger partial charge in [-0.15, -0.1) is 0 Å². The lowest BCUT2D eigenvalue weighted by molar-refractivity contribution is -0.137. The summed E-state index contributed by atoms with van der Waals surface area (Å²) in [6.45, 7) is 1.65. The van der Waals surface area contributed by atoms with E-state index in [-0.39, 0.29) is 30.1 Å². The number of nitrogens with zero attached hydrogens (tertiary/aromatic N) is 1. The van der Waals surface area contributed by atoms with Crippen molar-refractivity contribution in [2.24, 2.45) is 29.6 Å². The quantitative estimate of drug-likeness (QED) is 0.564. The van der Waals surface area contributed by atoms with Crippen LogP contribution in [-0.4, -0.2) is 22.5 Å². The Bertz CT molecular complexity index is 999. The number of benzene rings is 1.